The molecule has 0 spiro atoms. The number of hydrogen-bond donors (Lipinski definition) is 5. The molecule has 10 heteroatoms. The molecule has 0 aliphatic heterocycles. The predicted octanol–water partition coefficient (Wildman–Crippen LogP) is 3.35. The Morgan fingerprint density at radius 1 is 1.05 bits per heavy atom. The van der Waals surface area contributed by atoms with Crippen LogP contribution in [-0.4, -0.2) is 66.7 Å². The highest BCUT2D eigenvalue weighted by atomic mass is 32.1. The van der Waals surface area contributed by atoms with Crippen molar-refractivity contribution in [3.63, 3.8) is 0 Å². The number of para-hydroxylation sites is 1. The van der Waals surface area contributed by atoms with Crippen molar-refractivity contribution < 1.29 is 15.3 Å². The fourth-order valence-electron chi connectivity index (χ4n) is 5.64. The van der Waals surface area contributed by atoms with Crippen LogP contribution in [0.4, 0.5) is 11.8 Å². The summed E-state index contributed by atoms with van der Waals surface area (Å²) in [7, 11) is 4.08. The molecule has 2 aromatic carbocycles. The number of fused-ring (bicyclic) bond motifs is 2. The first-order valence-electron chi connectivity index (χ1n) is 12.8. The minimum atomic E-state index is -1.71. The van der Waals surface area contributed by atoms with Gasteiger partial charge in [-0.05, 0) is 57.1 Å². The van der Waals surface area contributed by atoms with E-state index in [0.717, 1.165) is 27.3 Å². The van der Waals surface area contributed by atoms with Gasteiger partial charge in [-0.25, -0.2) is 9.97 Å². The van der Waals surface area contributed by atoms with Crippen LogP contribution in [0.15, 0.2) is 48.5 Å². The fraction of sp³-hybridized carbons (Fsp3) is 0.393. The molecule has 0 saturated heterocycles. The third-order valence-electron chi connectivity index (χ3n) is 7.63. The molecule has 4 atom stereocenters. The maximum absolute atomic E-state index is 11.5. The first kappa shape index (κ1) is 25.1. The molecule has 2 aliphatic carbocycles. The minimum Gasteiger partial charge on any atom is -0.390 e. The average molecular weight is 533 g/mol. The number of aliphatic hydroxyl groups excluding tert-OH is 1. The van der Waals surface area contributed by atoms with Crippen LogP contribution in [0.25, 0.3) is 20.8 Å². The van der Waals surface area contributed by atoms with Gasteiger partial charge in [0.05, 0.1) is 27.6 Å². The molecule has 2 aromatic heterocycles. The second kappa shape index (κ2) is 9.25. The van der Waals surface area contributed by atoms with E-state index in [1.54, 1.807) is 0 Å². The zero-order valence-corrected chi connectivity index (χ0v) is 22.5. The summed E-state index contributed by atoms with van der Waals surface area (Å²) in [5.74, 6) is 0.423. The monoisotopic (exact) mass is 532 g/mol. The number of anilines is 2. The minimum absolute atomic E-state index is 0.301. The van der Waals surface area contributed by atoms with Gasteiger partial charge >= 0.3 is 0 Å². The number of aliphatic hydroxyl groups is 3. The number of nitrogens with one attached hydrogen (secondary N) is 2. The highest BCUT2D eigenvalue weighted by molar-refractivity contribution is 7.21. The highest BCUT2D eigenvalue weighted by Crippen LogP contribution is 2.61. The van der Waals surface area contributed by atoms with Crippen molar-refractivity contribution in [1.82, 2.24) is 19.9 Å². The maximum Gasteiger partial charge on any atom is 0.225 e. The van der Waals surface area contributed by atoms with Crippen molar-refractivity contribution in [1.29, 1.82) is 0 Å². The Labute approximate surface area is 225 Å². The van der Waals surface area contributed by atoms with Crippen molar-refractivity contribution in [2.75, 3.05) is 24.7 Å². The summed E-state index contributed by atoms with van der Waals surface area (Å²) in [5, 5.41) is 39.9. The molecular formula is C28H32N6O3S. The van der Waals surface area contributed by atoms with E-state index >= 15 is 0 Å². The van der Waals surface area contributed by atoms with Crippen molar-refractivity contribution >= 4 is 33.3 Å². The highest BCUT2D eigenvalue weighted by Gasteiger charge is 2.78. The van der Waals surface area contributed by atoms with Gasteiger partial charge in [-0.2, -0.15) is 4.98 Å². The molecule has 0 radical (unpaired) electrons. The van der Waals surface area contributed by atoms with Crippen LogP contribution in [0.5, 0.6) is 0 Å². The molecule has 2 fully saturated rings. The van der Waals surface area contributed by atoms with Crippen molar-refractivity contribution in [2.24, 2.45) is 5.92 Å². The fourth-order valence-corrected chi connectivity index (χ4v) is 6.70. The summed E-state index contributed by atoms with van der Waals surface area (Å²) in [6.07, 6.45) is -0.139. The third kappa shape index (κ3) is 4.22. The molecule has 2 heterocycles. The molecular weight excluding hydrogens is 500 g/mol. The smallest absolute Gasteiger partial charge is 0.225 e. The number of aromatic nitrogens is 3. The first-order valence-corrected chi connectivity index (χ1v) is 13.6. The number of benzene rings is 2. The summed E-state index contributed by atoms with van der Waals surface area (Å²) in [4.78, 5) is 16.4. The molecule has 4 aromatic rings. The van der Waals surface area contributed by atoms with Gasteiger partial charge < -0.3 is 30.9 Å². The first-order chi connectivity index (χ1) is 18.2. The van der Waals surface area contributed by atoms with Crippen molar-refractivity contribution in [3.05, 3.63) is 65.4 Å². The number of aryl methyl sites for hydroxylation is 1. The van der Waals surface area contributed by atoms with Crippen molar-refractivity contribution in [2.45, 2.75) is 50.3 Å². The predicted molar refractivity (Wildman–Crippen MR) is 149 cm³/mol. The molecule has 2 aliphatic rings. The molecule has 198 valence electrons. The van der Waals surface area contributed by atoms with Gasteiger partial charge in [-0.15, -0.1) is 11.3 Å². The molecule has 0 bridgehead atoms. The Morgan fingerprint density at radius 3 is 2.58 bits per heavy atom. The lowest BCUT2D eigenvalue weighted by molar-refractivity contribution is -0.0851. The number of rotatable bonds is 8. The molecule has 2 saturated carbocycles. The number of nitrogens with zero attached hydrogens (tertiary/aromatic N) is 4. The second-order valence-corrected chi connectivity index (χ2v) is 11.7. The Hall–Kier alpha value is -3.15. The lowest BCUT2D eigenvalue weighted by Crippen LogP contribution is -2.51. The SMILES string of the molecule is Cc1nc(NCc2cccc(CN(C)C)c2)nc(NC2(O)CCC3C(O)C32O)c1-c1nc2ccccc2s1. The van der Waals surface area contributed by atoms with Crippen LogP contribution in [0.1, 0.15) is 29.7 Å². The lowest BCUT2D eigenvalue weighted by atomic mass is 10.0. The average Bonchev–Trinajstić information content (AvgIpc) is 3.15. The molecule has 0 amide bonds. The van der Waals surface area contributed by atoms with Crippen LogP contribution in [-0.2, 0) is 13.1 Å². The largest absolute Gasteiger partial charge is 0.390 e. The molecule has 6 rings (SSSR count). The van der Waals surface area contributed by atoms with Gasteiger partial charge in [0.15, 0.2) is 5.72 Å². The number of hydrogen-bond acceptors (Lipinski definition) is 10. The van der Waals surface area contributed by atoms with Crippen molar-refractivity contribution in [3.8, 4) is 10.6 Å². The van der Waals surface area contributed by atoms with Crippen LogP contribution in [0.2, 0.25) is 0 Å². The zero-order chi connectivity index (χ0) is 26.7. The van der Waals surface area contributed by atoms with Gasteiger partial charge in [-0.3, -0.25) is 0 Å². The Balaban J connectivity index is 1.35. The van der Waals surface area contributed by atoms with E-state index < -0.39 is 17.4 Å². The topological polar surface area (TPSA) is 127 Å². The van der Waals surface area contributed by atoms with E-state index in [2.05, 4.69) is 33.7 Å². The zero-order valence-electron chi connectivity index (χ0n) is 21.6. The van der Waals surface area contributed by atoms with Crippen LogP contribution >= 0.6 is 11.3 Å². The summed E-state index contributed by atoms with van der Waals surface area (Å²) < 4.78 is 1.03. The van der Waals surface area contributed by atoms with Gasteiger partial charge in [0.2, 0.25) is 5.95 Å². The van der Waals surface area contributed by atoms with Gasteiger partial charge in [0.1, 0.15) is 16.4 Å². The van der Waals surface area contributed by atoms with Gasteiger partial charge in [0.25, 0.3) is 0 Å². The van der Waals surface area contributed by atoms with E-state index in [1.165, 1.54) is 16.9 Å². The normalized spacial score (nSPS) is 26.1. The molecule has 5 N–H and O–H groups in total. The Bertz CT molecular complexity index is 1480. The van der Waals surface area contributed by atoms with Gasteiger partial charge in [0, 0.05) is 19.0 Å². The van der Waals surface area contributed by atoms with Crippen LogP contribution in [0.3, 0.4) is 0 Å². The maximum atomic E-state index is 11.5. The van der Waals surface area contributed by atoms with Crippen LogP contribution < -0.4 is 10.6 Å². The summed E-state index contributed by atoms with van der Waals surface area (Å²) in [6, 6.07) is 16.2. The second-order valence-electron chi connectivity index (χ2n) is 10.7. The van der Waals surface area contributed by atoms with Crippen LogP contribution in [0, 0.1) is 12.8 Å². The molecule has 38 heavy (non-hydrogen) atoms. The third-order valence-corrected chi connectivity index (χ3v) is 8.69. The standard InChI is InChI=1S/C28H32N6O3S/c1-16-22(25-31-20-9-4-5-10-21(20)38-25)24(33-27(36)12-11-19-23(35)28(19,27)37)32-26(30-16)29-14-17-7-6-8-18(13-17)15-34(2)3/h4-10,13,19,23,35-37H,11-12,14-15H2,1-3H3,(H2,29,30,32,33). The van der Waals surface area contributed by atoms with E-state index in [0.29, 0.717) is 42.4 Å². The van der Waals surface area contributed by atoms with E-state index in [9.17, 15) is 15.3 Å². The van der Waals surface area contributed by atoms with Gasteiger partial charge in [-0.1, -0.05) is 36.4 Å². The number of thiazole rings is 1. The summed E-state index contributed by atoms with van der Waals surface area (Å²) in [6.45, 7) is 3.26. The van der Waals surface area contributed by atoms with E-state index in [4.69, 9.17) is 15.0 Å². The summed E-state index contributed by atoms with van der Waals surface area (Å²) >= 11 is 1.52. The Morgan fingerprint density at radius 2 is 1.84 bits per heavy atom. The summed E-state index contributed by atoms with van der Waals surface area (Å²) in [5.41, 5.74) is 1.23. The van der Waals surface area contributed by atoms with E-state index in [-0.39, 0.29) is 5.92 Å². The molecule has 9 nitrogen and oxygen atoms in total. The van der Waals surface area contributed by atoms with E-state index in [1.807, 2.05) is 51.4 Å². The Kier molecular flexibility index (Phi) is 6.12. The molecule has 4 unspecified atom stereocenters. The lowest BCUT2D eigenvalue weighted by Gasteiger charge is -2.32. The quantitative estimate of drug-likeness (QED) is 0.217.